The number of aliphatic hydroxyl groups excluding tert-OH is 2. The van der Waals surface area contributed by atoms with E-state index in [1.165, 1.54) is 0 Å². The summed E-state index contributed by atoms with van der Waals surface area (Å²) in [4.78, 5) is 7.46. The van der Waals surface area contributed by atoms with Gasteiger partial charge in [0.2, 0.25) is 0 Å². The maximum Gasteiger partial charge on any atom is 0.388 e. The van der Waals surface area contributed by atoms with Crippen LogP contribution in [0.2, 0.25) is 0 Å². The number of aliphatic hydroxyl groups is 2. The monoisotopic (exact) mass is 335 g/mol. The Labute approximate surface area is 126 Å². The fourth-order valence-electron chi connectivity index (χ4n) is 2.36. The minimum Gasteiger partial charge on any atom is -0.414 e. The Kier molecular flexibility index (Phi) is 3.95. The molecule has 1 fully saturated rings. The van der Waals surface area contributed by atoms with E-state index < -0.39 is 43.7 Å². The van der Waals surface area contributed by atoms with Gasteiger partial charge in [-0.3, -0.25) is 0 Å². The molecule has 9 nitrogen and oxygen atoms in total. The fourth-order valence-corrected chi connectivity index (χ4v) is 2.36. The highest BCUT2D eigenvalue weighted by molar-refractivity contribution is 5.90. The molecule has 23 heavy (non-hydrogen) atoms. The van der Waals surface area contributed by atoms with Crippen LogP contribution in [0.1, 0.15) is 6.23 Å². The minimum atomic E-state index is -3.19. The van der Waals surface area contributed by atoms with E-state index in [2.05, 4.69) is 19.8 Å². The van der Waals surface area contributed by atoms with Gasteiger partial charge in [-0.25, -0.2) is 19.0 Å². The van der Waals surface area contributed by atoms with Crippen molar-refractivity contribution in [2.75, 3.05) is 12.3 Å². The third-order valence-corrected chi connectivity index (χ3v) is 3.40. The van der Waals surface area contributed by atoms with Crippen molar-refractivity contribution in [3.63, 3.8) is 0 Å². The molecule has 0 amide bonds. The van der Waals surface area contributed by atoms with Crippen LogP contribution >= 0.6 is 0 Å². The Bertz CT molecular complexity index is 714. The maximum atomic E-state index is 14.2. The molecule has 0 aromatic carbocycles. The maximum absolute atomic E-state index is 14.2. The SMILES string of the molecule is Nc1ncnc2c1c(OC(F)F)nn2[C@@H]1O[C@H](CO)[C@@H](O)C1F. The van der Waals surface area contributed by atoms with E-state index in [4.69, 9.17) is 15.6 Å². The third-order valence-electron chi connectivity index (χ3n) is 3.40. The number of alkyl halides is 3. The number of anilines is 1. The standard InChI is InChI=1S/C11H12F3N5O4/c12-5-6(21)3(1-20)22-10(5)19-8-4(7(15)16-2-17-8)9(18-19)23-11(13)14/h2-3,5-6,10-11,20-21H,1H2,(H2,15,16,17)/t3-,5?,6-,10-/m1/s1. The van der Waals surface area contributed by atoms with Gasteiger partial charge in [-0.05, 0) is 0 Å². The van der Waals surface area contributed by atoms with E-state index in [0.717, 1.165) is 11.0 Å². The topological polar surface area (TPSA) is 129 Å². The van der Waals surface area contributed by atoms with Crippen molar-refractivity contribution in [1.29, 1.82) is 0 Å². The van der Waals surface area contributed by atoms with Crippen LogP contribution < -0.4 is 10.5 Å². The average molecular weight is 335 g/mol. The lowest BCUT2D eigenvalue weighted by Crippen LogP contribution is -2.30. The molecule has 0 bridgehead atoms. The van der Waals surface area contributed by atoms with Gasteiger partial charge >= 0.3 is 6.61 Å². The highest BCUT2D eigenvalue weighted by Gasteiger charge is 2.46. The third kappa shape index (κ3) is 2.54. The Morgan fingerprint density at radius 2 is 2.17 bits per heavy atom. The number of aromatic nitrogens is 4. The number of fused-ring (bicyclic) bond motifs is 1. The summed E-state index contributed by atoms with van der Waals surface area (Å²) in [5, 5.41) is 22.3. The Morgan fingerprint density at radius 3 is 2.78 bits per heavy atom. The van der Waals surface area contributed by atoms with E-state index in [0.29, 0.717) is 0 Å². The first-order valence-corrected chi connectivity index (χ1v) is 6.46. The van der Waals surface area contributed by atoms with Crippen LogP contribution in [0.5, 0.6) is 5.88 Å². The zero-order chi connectivity index (χ0) is 16.7. The second-order valence-electron chi connectivity index (χ2n) is 4.77. The number of nitrogen functional groups attached to an aromatic ring is 1. The van der Waals surface area contributed by atoms with E-state index >= 15 is 0 Å². The number of hydrogen-bond donors (Lipinski definition) is 3. The summed E-state index contributed by atoms with van der Waals surface area (Å²) in [6.45, 7) is -3.82. The summed E-state index contributed by atoms with van der Waals surface area (Å²) >= 11 is 0. The molecule has 2 aromatic rings. The second-order valence-corrected chi connectivity index (χ2v) is 4.77. The number of rotatable bonds is 4. The molecule has 126 valence electrons. The van der Waals surface area contributed by atoms with Gasteiger partial charge in [0.05, 0.1) is 6.61 Å². The molecule has 1 aliphatic heterocycles. The van der Waals surface area contributed by atoms with E-state index in [1.807, 2.05) is 0 Å². The van der Waals surface area contributed by atoms with Crippen LogP contribution in [0.15, 0.2) is 6.33 Å². The van der Waals surface area contributed by atoms with Gasteiger partial charge in [-0.2, -0.15) is 8.78 Å². The molecule has 12 heteroatoms. The summed E-state index contributed by atoms with van der Waals surface area (Å²) < 4.78 is 49.4. The zero-order valence-electron chi connectivity index (χ0n) is 11.4. The molecule has 1 unspecified atom stereocenters. The molecule has 0 saturated carbocycles. The molecule has 0 spiro atoms. The summed E-state index contributed by atoms with van der Waals surface area (Å²) in [5.41, 5.74) is 5.50. The number of ether oxygens (including phenoxy) is 2. The highest BCUT2D eigenvalue weighted by Crippen LogP contribution is 2.36. The highest BCUT2D eigenvalue weighted by atomic mass is 19.3. The summed E-state index contributed by atoms with van der Waals surface area (Å²) in [7, 11) is 0. The number of nitrogens with zero attached hydrogens (tertiary/aromatic N) is 4. The first-order chi connectivity index (χ1) is 10.9. The molecule has 0 radical (unpaired) electrons. The van der Waals surface area contributed by atoms with Crippen LogP contribution in [0.4, 0.5) is 19.0 Å². The molecule has 0 aliphatic carbocycles. The molecule has 1 saturated heterocycles. The second kappa shape index (κ2) is 5.79. The summed E-state index contributed by atoms with van der Waals surface area (Å²) in [5.74, 6) is -0.782. The van der Waals surface area contributed by atoms with Gasteiger partial charge in [0.15, 0.2) is 18.0 Å². The Morgan fingerprint density at radius 1 is 1.43 bits per heavy atom. The van der Waals surface area contributed by atoms with E-state index in [9.17, 15) is 18.3 Å². The first-order valence-electron chi connectivity index (χ1n) is 6.46. The van der Waals surface area contributed by atoms with Crippen molar-refractivity contribution in [2.24, 2.45) is 0 Å². The van der Waals surface area contributed by atoms with Crippen molar-refractivity contribution in [3.05, 3.63) is 6.33 Å². The van der Waals surface area contributed by atoms with Crippen LogP contribution in [0, 0.1) is 0 Å². The minimum absolute atomic E-state index is 0.105. The van der Waals surface area contributed by atoms with Gasteiger partial charge in [-0.1, -0.05) is 0 Å². The van der Waals surface area contributed by atoms with Crippen LogP contribution in [-0.2, 0) is 4.74 Å². The Balaban J connectivity index is 2.10. The molecule has 3 rings (SSSR count). The van der Waals surface area contributed by atoms with Crippen LogP contribution in [0.25, 0.3) is 11.0 Å². The first kappa shape index (κ1) is 15.7. The van der Waals surface area contributed by atoms with Gasteiger partial charge in [-0.15, -0.1) is 5.10 Å². The largest absolute Gasteiger partial charge is 0.414 e. The molecule has 4 atom stereocenters. The molecular weight excluding hydrogens is 323 g/mol. The fraction of sp³-hybridized carbons (Fsp3) is 0.545. The number of nitrogens with two attached hydrogens (primary N) is 1. The zero-order valence-corrected chi connectivity index (χ0v) is 11.4. The van der Waals surface area contributed by atoms with Gasteiger partial charge in [0, 0.05) is 0 Å². The van der Waals surface area contributed by atoms with E-state index in [-0.39, 0.29) is 16.9 Å². The quantitative estimate of drug-likeness (QED) is 0.688. The number of halogens is 3. The van der Waals surface area contributed by atoms with Gasteiger partial charge < -0.3 is 25.4 Å². The Hall–Kier alpha value is -2.18. The van der Waals surface area contributed by atoms with Crippen LogP contribution in [-0.4, -0.2) is 61.6 Å². The lowest BCUT2D eigenvalue weighted by atomic mass is 10.1. The van der Waals surface area contributed by atoms with Crippen molar-refractivity contribution < 1.29 is 32.9 Å². The van der Waals surface area contributed by atoms with Crippen molar-refractivity contribution in [2.45, 2.75) is 31.2 Å². The smallest absolute Gasteiger partial charge is 0.388 e. The molecule has 2 aromatic heterocycles. The normalized spacial score (nSPS) is 27.9. The summed E-state index contributed by atoms with van der Waals surface area (Å²) in [6, 6.07) is 0. The molecular formula is C11H12F3N5O4. The predicted molar refractivity (Wildman–Crippen MR) is 68.3 cm³/mol. The van der Waals surface area contributed by atoms with E-state index in [1.54, 1.807) is 0 Å². The average Bonchev–Trinajstić information content (AvgIpc) is 2.99. The van der Waals surface area contributed by atoms with Gasteiger partial charge in [0.25, 0.3) is 5.88 Å². The number of hydrogen-bond acceptors (Lipinski definition) is 8. The lowest BCUT2D eigenvalue weighted by Gasteiger charge is -2.13. The summed E-state index contributed by atoms with van der Waals surface area (Å²) in [6.07, 6.45) is -5.22. The van der Waals surface area contributed by atoms with Crippen molar-refractivity contribution in [3.8, 4) is 5.88 Å². The predicted octanol–water partition coefficient (Wildman–Crippen LogP) is -0.401. The van der Waals surface area contributed by atoms with Crippen molar-refractivity contribution >= 4 is 16.9 Å². The molecule has 3 heterocycles. The molecule has 1 aliphatic rings. The molecule has 4 N–H and O–H groups in total. The van der Waals surface area contributed by atoms with Crippen molar-refractivity contribution in [1.82, 2.24) is 19.7 Å². The van der Waals surface area contributed by atoms with Gasteiger partial charge in [0.1, 0.15) is 29.7 Å². The van der Waals surface area contributed by atoms with Crippen LogP contribution in [0.3, 0.4) is 0 Å². The lowest BCUT2D eigenvalue weighted by molar-refractivity contribution is -0.0602.